The Labute approximate surface area is 151 Å². The van der Waals surface area contributed by atoms with Crippen molar-refractivity contribution < 1.29 is 4.79 Å². The van der Waals surface area contributed by atoms with E-state index in [4.69, 9.17) is 5.73 Å². The van der Waals surface area contributed by atoms with E-state index in [2.05, 4.69) is 20.8 Å². The number of carbonyl (C=O) groups is 1. The summed E-state index contributed by atoms with van der Waals surface area (Å²) in [7, 11) is 0. The lowest BCUT2D eigenvalue weighted by molar-refractivity contribution is -0.118. The van der Waals surface area contributed by atoms with Gasteiger partial charge in [-0.2, -0.15) is 0 Å². The monoisotopic (exact) mass is 337 g/mol. The van der Waals surface area contributed by atoms with Crippen molar-refractivity contribution in [2.45, 2.75) is 124 Å². The number of carbonyl (C=O) groups excluding carboxylic acids is 1. The molecule has 0 aliphatic rings. The quantitative estimate of drug-likeness (QED) is 0.224. The molecular formula is C22H43NO. The van der Waals surface area contributed by atoms with Gasteiger partial charge in [-0.3, -0.25) is 4.79 Å². The van der Waals surface area contributed by atoms with Crippen molar-refractivity contribution in [1.82, 2.24) is 0 Å². The van der Waals surface area contributed by atoms with E-state index in [1.165, 1.54) is 83.5 Å². The molecule has 0 radical (unpaired) electrons. The standard InChI is InChI=1S/C22H43NO/c1-4-5-6-7-11-14-17-20(2)21(3)18-15-12-9-8-10-13-16-19-22(23)24/h4-19H2,1-3H3,(H2,23,24). The molecule has 1 amide bonds. The number of unbranched alkanes of at least 4 members (excludes halogenated alkanes) is 11. The number of rotatable bonds is 17. The molecule has 0 aromatic rings. The van der Waals surface area contributed by atoms with Gasteiger partial charge in [-0.25, -0.2) is 0 Å². The Hall–Kier alpha value is -0.790. The minimum Gasteiger partial charge on any atom is -0.370 e. The topological polar surface area (TPSA) is 43.1 Å². The first-order valence-corrected chi connectivity index (χ1v) is 10.5. The molecule has 0 aromatic heterocycles. The van der Waals surface area contributed by atoms with Gasteiger partial charge in [0.2, 0.25) is 5.91 Å². The highest BCUT2D eigenvalue weighted by molar-refractivity contribution is 5.73. The van der Waals surface area contributed by atoms with Crippen LogP contribution in [0.2, 0.25) is 0 Å². The Balaban J connectivity index is 3.48. The van der Waals surface area contributed by atoms with Crippen LogP contribution in [-0.2, 0) is 4.79 Å². The van der Waals surface area contributed by atoms with Crippen LogP contribution < -0.4 is 5.73 Å². The molecule has 0 saturated heterocycles. The lowest BCUT2D eigenvalue weighted by Gasteiger charge is -2.08. The molecule has 0 atom stereocenters. The summed E-state index contributed by atoms with van der Waals surface area (Å²) >= 11 is 0. The Bertz CT molecular complexity index is 333. The molecule has 0 heterocycles. The fourth-order valence-corrected chi connectivity index (χ4v) is 3.17. The van der Waals surface area contributed by atoms with Crippen LogP contribution in [0.5, 0.6) is 0 Å². The normalized spacial score (nSPS) is 12.3. The maximum absolute atomic E-state index is 10.6. The zero-order valence-electron chi connectivity index (χ0n) is 16.8. The van der Waals surface area contributed by atoms with Crippen LogP contribution in [0.25, 0.3) is 0 Å². The van der Waals surface area contributed by atoms with Gasteiger partial charge < -0.3 is 5.73 Å². The van der Waals surface area contributed by atoms with Crippen molar-refractivity contribution in [2.24, 2.45) is 5.73 Å². The summed E-state index contributed by atoms with van der Waals surface area (Å²) in [5, 5.41) is 0. The lowest BCUT2D eigenvalue weighted by Crippen LogP contribution is -2.09. The molecule has 142 valence electrons. The Morgan fingerprint density at radius 2 is 0.917 bits per heavy atom. The number of hydrogen-bond donors (Lipinski definition) is 1. The van der Waals surface area contributed by atoms with Crippen molar-refractivity contribution in [3.63, 3.8) is 0 Å². The summed E-state index contributed by atoms with van der Waals surface area (Å²) < 4.78 is 0. The van der Waals surface area contributed by atoms with Gasteiger partial charge in [-0.15, -0.1) is 0 Å². The molecule has 2 N–H and O–H groups in total. The van der Waals surface area contributed by atoms with E-state index in [9.17, 15) is 4.79 Å². The molecule has 2 nitrogen and oxygen atoms in total. The number of hydrogen-bond acceptors (Lipinski definition) is 1. The number of nitrogens with two attached hydrogens (primary N) is 1. The number of allylic oxidation sites excluding steroid dienone is 2. The van der Waals surface area contributed by atoms with Gasteiger partial charge in [0.05, 0.1) is 0 Å². The van der Waals surface area contributed by atoms with Gasteiger partial charge in [-0.05, 0) is 46.0 Å². The molecule has 0 saturated carbocycles. The first kappa shape index (κ1) is 23.2. The zero-order chi connectivity index (χ0) is 18.0. The molecule has 0 unspecified atom stereocenters. The molecule has 0 fully saturated rings. The maximum atomic E-state index is 10.6. The summed E-state index contributed by atoms with van der Waals surface area (Å²) in [5.74, 6) is -0.159. The summed E-state index contributed by atoms with van der Waals surface area (Å²) in [6, 6.07) is 0. The highest BCUT2D eigenvalue weighted by Gasteiger charge is 1.99. The second kappa shape index (κ2) is 17.0. The highest BCUT2D eigenvalue weighted by Crippen LogP contribution is 2.19. The van der Waals surface area contributed by atoms with Crippen molar-refractivity contribution in [2.75, 3.05) is 0 Å². The van der Waals surface area contributed by atoms with Crippen molar-refractivity contribution in [1.29, 1.82) is 0 Å². The SMILES string of the molecule is CCCCCCCCC(C)=C(C)CCCCCCCCCC(N)=O. The highest BCUT2D eigenvalue weighted by atomic mass is 16.1. The third-order valence-electron chi connectivity index (χ3n) is 5.11. The van der Waals surface area contributed by atoms with Gasteiger partial charge in [0.15, 0.2) is 0 Å². The molecule has 0 aliphatic carbocycles. The smallest absolute Gasteiger partial charge is 0.217 e. The van der Waals surface area contributed by atoms with Crippen LogP contribution in [0.3, 0.4) is 0 Å². The zero-order valence-corrected chi connectivity index (χ0v) is 16.8. The first-order valence-electron chi connectivity index (χ1n) is 10.5. The number of primary amides is 1. The van der Waals surface area contributed by atoms with Crippen molar-refractivity contribution in [3.8, 4) is 0 Å². The minimum absolute atomic E-state index is 0.159. The molecule has 0 spiro atoms. The second-order valence-electron chi connectivity index (χ2n) is 7.52. The average Bonchev–Trinajstić information content (AvgIpc) is 2.55. The minimum atomic E-state index is -0.159. The molecule has 0 rings (SSSR count). The fraction of sp³-hybridized carbons (Fsp3) is 0.864. The summed E-state index contributed by atoms with van der Waals surface area (Å²) in [6.45, 7) is 6.94. The summed E-state index contributed by atoms with van der Waals surface area (Å²) in [6.07, 6.45) is 20.2. The molecule has 0 bridgehead atoms. The van der Waals surface area contributed by atoms with E-state index in [0.717, 1.165) is 12.8 Å². The second-order valence-corrected chi connectivity index (χ2v) is 7.52. The van der Waals surface area contributed by atoms with E-state index < -0.39 is 0 Å². The van der Waals surface area contributed by atoms with Gasteiger partial charge in [-0.1, -0.05) is 82.3 Å². The van der Waals surface area contributed by atoms with E-state index in [1.54, 1.807) is 11.1 Å². The van der Waals surface area contributed by atoms with Gasteiger partial charge in [0.25, 0.3) is 0 Å². The van der Waals surface area contributed by atoms with Crippen LogP contribution in [0.15, 0.2) is 11.1 Å². The van der Waals surface area contributed by atoms with Gasteiger partial charge in [0.1, 0.15) is 0 Å². The molecule has 0 aromatic carbocycles. The van der Waals surface area contributed by atoms with Crippen LogP contribution in [0.1, 0.15) is 124 Å². The van der Waals surface area contributed by atoms with Gasteiger partial charge >= 0.3 is 0 Å². The Kier molecular flexibility index (Phi) is 16.5. The predicted molar refractivity (Wildman–Crippen MR) is 107 cm³/mol. The maximum Gasteiger partial charge on any atom is 0.217 e. The largest absolute Gasteiger partial charge is 0.370 e. The van der Waals surface area contributed by atoms with E-state index >= 15 is 0 Å². The summed E-state index contributed by atoms with van der Waals surface area (Å²) in [4.78, 5) is 10.6. The van der Waals surface area contributed by atoms with Crippen LogP contribution in [-0.4, -0.2) is 5.91 Å². The van der Waals surface area contributed by atoms with Crippen molar-refractivity contribution >= 4 is 5.91 Å². The van der Waals surface area contributed by atoms with Gasteiger partial charge in [0, 0.05) is 6.42 Å². The van der Waals surface area contributed by atoms with Crippen LogP contribution in [0, 0.1) is 0 Å². The van der Waals surface area contributed by atoms with E-state index in [1.807, 2.05) is 0 Å². The average molecular weight is 338 g/mol. The molecular weight excluding hydrogens is 294 g/mol. The summed E-state index contributed by atoms with van der Waals surface area (Å²) in [5.41, 5.74) is 8.41. The van der Waals surface area contributed by atoms with Crippen molar-refractivity contribution in [3.05, 3.63) is 11.1 Å². The third kappa shape index (κ3) is 16.1. The predicted octanol–water partition coefficient (Wildman–Crippen LogP) is 7.07. The van der Waals surface area contributed by atoms with E-state index in [0.29, 0.717) is 6.42 Å². The molecule has 0 aliphatic heterocycles. The molecule has 2 heteroatoms. The lowest BCUT2D eigenvalue weighted by atomic mass is 9.98. The number of amides is 1. The Morgan fingerprint density at radius 1 is 0.583 bits per heavy atom. The third-order valence-corrected chi connectivity index (χ3v) is 5.11. The molecule has 24 heavy (non-hydrogen) atoms. The first-order chi connectivity index (χ1) is 11.6. The van der Waals surface area contributed by atoms with E-state index in [-0.39, 0.29) is 5.91 Å². The fourth-order valence-electron chi connectivity index (χ4n) is 3.17. The van der Waals surface area contributed by atoms with Crippen LogP contribution >= 0.6 is 0 Å². The van der Waals surface area contributed by atoms with Crippen LogP contribution in [0.4, 0.5) is 0 Å². The Morgan fingerprint density at radius 3 is 1.29 bits per heavy atom.